The number of aromatic nitrogens is 2. The summed E-state index contributed by atoms with van der Waals surface area (Å²) in [6.45, 7) is 3.82. The minimum absolute atomic E-state index is 0.0361. The van der Waals surface area contributed by atoms with Gasteiger partial charge < -0.3 is 15.6 Å². The normalized spacial score (nSPS) is 10.2. The van der Waals surface area contributed by atoms with E-state index in [4.69, 9.17) is 0 Å². The third-order valence-corrected chi connectivity index (χ3v) is 3.88. The summed E-state index contributed by atoms with van der Waals surface area (Å²) in [6.07, 6.45) is 1.49. The van der Waals surface area contributed by atoms with Crippen molar-refractivity contribution < 1.29 is 14.0 Å². The van der Waals surface area contributed by atoms with Gasteiger partial charge in [0.25, 0.3) is 5.56 Å². The number of amides is 2. The van der Waals surface area contributed by atoms with Crippen molar-refractivity contribution in [1.82, 2.24) is 15.3 Å². The second-order valence-electron chi connectivity index (χ2n) is 5.16. The highest BCUT2D eigenvalue weighted by molar-refractivity contribution is 7.99. The molecule has 2 rings (SSSR count). The van der Waals surface area contributed by atoms with Gasteiger partial charge in [-0.1, -0.05) is 23.9 Å². The molecule has 2 aromatic rings. The molecule has 0 atom stereocenters. The van der Waals surface area contributed by atoms with Crippen LogP contribution in [0.2, 0.25) is 0 Å². The molecular formula is C17H17FN4O3S. The van der Waals surface area contributed by atoms with Gasteiger partial charge in [-0.25, -0.2) is 9.37 Å². The van der Waals surface area contributed by atoms with E-state index in [9.17, 15) is 18.8 Å². The largest absolute Gasteiger partial charge is 0.352 e. The van der Waals surface area contributed by atoms with Crippen molar-refractivity contribution in [2.24, 2.45) is 0 Å². The van der Waals surface area contributed by atoms with E-state index >= 15 is 0 Å². The number of halogens is 1. The number of aromatic amines is 1. The molecule has 136 valence electrons. The standard InChI is InChI=1S/C17H17FN4O3S/c1-2-6-19-14(23)8-13-9-15(24)22-17(21-13)26-10-16(25)20-12-5-3-4-11(18)7-12/h2-5,7,9H,1,6,8,10H2,(H,19,23)(H,20,25)(H,21,22,24). The fourth-order valence-electron chi connectivity index (χ4n) is 1.95. The predicted octanol–water partition coefficient (Wildman–Crippen LogP) is 1.48. The first-order chi connectivity index (χ1) is 12.5. The summed E-state index contributed by atoms with van der Waals surface area (Å²) in [5, 5.41) is 5.36. The van der Waals surface area contributed by atoms with Gasteiger partial charge in [-0.15, -0.1) is 6.58 Å². The van der Waals surface area contributed by atoms with Gasteiger partial charge in [-0.2, -0.15) is 0 Å². The van der Waals surface area contributed by atoms with Gasteiger partial charge >= 0.3 is 0 Å². The molecule has 1 heterocycles. The number of rotatable bonds is 8. The molecule has 1 aromatic heterocycles. The number of benzene rings is 1. The van der Waals surface area contributed by atoms with E-state index in [0.29, 0.717) is 17.9 Å². The zero-order chi connectivity index (χ0) is 18.9. The van der Waals surface area contributed by atoms with E-state index in [-0.39, 0.29) is 29.1 Å². The second-order valence-corrected chi connectivity index (χ2v) is 6.12. The maximum atomic E-state index is 13.1. The zero-order valence-electron chi connectivity index (χ0n) is 13.8. The lowest BCUT2D eigenvalue weighted by Crippen LogP contribution is -2.26. The van der Waals surface area contributed by atoms with E-state index < -0.39 is 11.4 Å². The van der Waals surface area contributed by atoms with E-state index in [2.05, 4.69) is 27.2 Å². The van der Waals surface area contributed by atoms with Gasteiger partial charge in [0.05, 0.1) is 17.9 Å². The number of thioether (sulfide) groups is 1. The number of carbonyl (C=O) groups is 2. The van der Waals surface area contributed by atoms with Gasteiger partial charge in [0.15, 0.2) is 5.16 Å². The Morgan fingerprint density at radius 1 is 1.31 bits per heavy atom. The van der Waals surface area contributed by atoms with Crippen LogP contribution in [0.4, 0.5) is 10.1 Å². The quantitative estimate of drug-likeness (QED) is 0.368. The van der Waals surface area contributed by atoms with Gasteiger partial charge in [0.1, 0.15) is 5.82 Å². The molecule has 0 unspecified atom stereocenters. The third-order valence-electron chi connectivity index (χ3n) is 3.01. The number of carbonyl (C=O) groups excluding carboxylic acids is 2. The molecule has 9 heteroatoms. The molecule has 0 radical (unpaired) electrons. The average molecular weight is 376 g/mol. The van der Waals surface area contributed by atoms with Crippen LogP contribution in [0.3, 0.4) is 0 Å². The lowest BCUT2D eigenvalue weighted by Gasteiger charge is -2.06. The number of nitrogens with zero attached hydrogens (tertiary/aromatic N) is 1. The first-order valence-electron chi connectivity index (χ1n) is 7.62. The number of hydrogen-bond donors (Lipinski definition) is 3. The van der Waals surface area contributed by atoms with Gasteiger partial charge in [0, 0.05) is 18.3 Å². The van der Waals surface area contributed by atoms with Crippen molar-refractivity contribution in [3.8, 4) is 0 Å². The lowest BCUT2D eigenvalue weighted by atomic mass is 10.3. The van der Waals surface area contributed by atoms with Crippen LogP contribution in [0.1, 0.15) is 5.69 Å². The SMILES string of the molecule is C=CCNC(=O)Cc1cc(=O)[nH]c(SCC(=O)Nc2cccc(F)c2)n1. The van der Waals surface area contributed by atoms with E-state index in [0.717, 1.165) is 11.8 Å². The number of anilines is 1. The van der Waals surface area contributed by atoms with Gasteiger partial charge in [-0.3, -0.25) is 14.4 Å². The smallest absolute Gasteiger partial charge is 0.251 e. The van der Waals surface area contributed by atoms with Crippen LogP contribution in [0.5, 0.6) is 0 Å². The zero-order valence-corrected chi connectivity index (χ0v) is 14.6. The van der Waals surface area contributed by atoms with Crippen LogP contribution in [0, 0.1) is 5.82 Å². The highest BCUT2D eigenvalue weighted by atomic mass is 32.2. The molecule has 3 N–H and O–H groups in total. The molecule has 1 aromatic carbocycles. The molecular weight excluding hydrogens is 359 g/mol. The summed E-state index contributed by atoms with van der Waals surface area (Å²) >= 11 is 1.00. The van der Waals surface area contributed by atoms with Crippen LogP contribution >= 0.6 is 11.8 Å². The minimum Gasteiger partial charge on any atom is -0.352 e. The first kappa shape index (κ1) is 19.4. The monoisotopic (exact) mass is 376 g/mol. The third kappa shape index (κ3) is 6.52. The van der Waals surface area contributed by atoms with Crippen LogP contribution in [0.15, 0.2) is 52.9 Å². The van der Waals surface area contributed by atoms with E-state index in [1.807, 2.05) is 0 Å². The van der Waals surface area contributed by atoms with Crippen molar-refractivity contribution in [2.75, 3.05) is 17.6 Å². The maximum Gasteiger partial charge on any atom is 0.251 e. The number of H-pyrrole nitrogens is 1. The van der Waals surface area contributed by atoms with Crippen molar-refractivity contribution in [3.63, 3.8) is 0 Å². The Hall–Kier alpha value is -2.94. The topological polar surface area (TPSA) is 104 Å². The molecule has 0 aliphatic carbocycles. The fourth-order valence-corrected chi connectivity index (χ4v) is 2.65. The predicted molar refractivity (Wildman–Crippen MR) is 97.5 cm³/mol. The Kier molecular flexibility index (Phi) is 7.10. The molecule has 26 heavy (non-hydrogen) atoms. The van der Waals surface area contributed by atoms with Crippen molar-refractivity contribution in [3.05, 3.63) is 64.9 Å². The highest BCUT2D eigenvalue weighted by Gasteiger charge is 2.09. The molecule has 0 bridgehead atoms. The fraction of sp³-hybridized carbons (Fsp3) is 0.176. The molecule has 2 amide bonds. The van der Waals surface area contributed by atoms with Crippen LogP contribution in [-0.2, 0) is 16.0 Å². The minimum atomic E-state index is -0.455. The molecule has 0 saturated heterocycles. The Balaban J connectivity index is 1.94. The Labute approximate surface area is 153 Å². The van der Waals surface area contributed by atoms with Crippen LogP contribution in [0.25, 0.3) is 0 Å². The van der Waals surface area contributed by atoms with Gasteiger partial charge in [-0.05, 0) is 18.2 Å². The summed E-state index contributed by atoms with van der Waals surface area (Å²) in [6, 6.07) is 6.75. The maximum absolute atomic E-state index is 13.1. The summed E-state index contributed by atoms with van der Waals surface area (Å²) in [4.78, 5) is 41.9. The molecule has 0 aliphatic rings. The summed E-state index contributed by atoms with van der Waals surface area (Å²) in [7, 11) is 0. The van der Waals surface area contributed by atoms with Gasteiger partial charge in [0.2, 0.25) is 11.8 Å². The molecule has 0 fully saturated rings. The number of nitrogens with one attached hydrogen (secondary N) is 3. The second kappa shape index (κ2) is 9.52. The molecule has 0 saturated carbocycles. The Morgan fingerprint density at radius 2 is 2.12 bits per heavy atom. The molecule has 0 aliphatic heterocycles. The van der Waals surface area contributed by atoms with E-state index in [1.54, 1.807) is 12.1 Å². The van der Waals surface area contributed by atoms with Crippen molar-refractivity contribution >= 4 is 29.3 Å². The van der Waals surface area contributed by atoms with Crippen LogP contribution in [-0.4, -0.2) is 34.1 Å². The van der Waals surface area contributed by atoms with Crippen LogP contribution < -0.4 is 16.2 Å². The van der Waals surface area contributed by atoms with Crippen molar-refractivity contribution in [2.45, 2.75) is 11.6 Å². The average Bonchev–Trinajstić information content (AvgIpc) is 2.58. The molecule has 7 nitrogen and oxygen atoms in total. The summed E-state index contributed by atoms with van der Waals surface area (Å²) in [5.74, 6) is -1.16. The molecule has 0 spiro atoms. The lowest BCUT2D eigenvalue weighted by molar-refractivity contribution is -0.120. The van der Waals surface area contributed by atoms with E-state index in [1.165, 1.54) is 24.3 Å². The number of hydrogen-bond acceptors (Lipinski definition) is 5. The summed E-state index contributed by atoms with van der Waals surface area (Å²) in [5.41, 5.74) is 0.215. The Bertz CT molecular complexity index is 869. The Morgan fingerprint density at radius 3 is 2.85 bits per heavy atom. The first-order valence-corrected chi connectivity index (χ1v) is 8.61. The summed E-state index contributed by atoms with van der Waals surface area (Å²) < 4.78 is 13.1. The highest BCUT2D eigenvalue weighted by Crippen LogP contribution is 2.14. The van der Waals surface area contributed by atoms with Crippen molar-refractivity contribution in [1.29, 1.82) is 0 Å².